The average molecular weight is 254 g/mol. The SMILES string of the molecule is COC(=O)c1cnn2c(-c3ccccn3)ccnc12. The molecule has 3 aromatic heterocycles. The Labute approximate surface area is 108 Å². The Hall–Kier alpha value is -2.76. The number of hydrogen-bond acceptors (Lipinski definition) is 5. The summed E-state index contributed by atoms with van der Waals surface area (Å²) in [5.74, 6) is -0.458. The number of carbonyl (C=O) groups is 1. The summed E-state index contributed by atoms with van der Waals surface area (Å²) in [4.78, 5) is 20.0. The quantitative estimate of drug-likeness (QED) is 0.649. The number of nitrogens with zero attached hydrogens (tertiary/aromatic N) is 4. The van der Waals surface area contributed by atoms with Gasteiger partial charge in [-0.15, -0.1) is 0 Å². The largest absolute Gasteiger partial charge is 0.465 e. The number of methoxy groups -OCH3 is 1. The van der Waals surface area contributed by atoms with Crippen LogP contribution in [0, 0.1) is 0 Å². The summed E-state index contributed by atoms with van der Waals surface area (Å²) in [6.45, 7) is 0. The van der Waals surface area contributed by atoms with Crippen LogP contribution in [0.3, 0.4) is 0 Å². The third-order valence-electron chi connectivity index (χ3n) is 2.73. The molecular weight excluding hydrogens is 244 g/mol. The highest BCUT2D eigenvalue weighted by molar-refractivity contribution is 5.95. The van der Waals surface area contributed by atoms with Crippen molar-refractivity contribution >= 4 is 11.6 Å². The molecule has 3 rings (SSSR count). The van der Waals surface area contributed by atoms with Crippen LogP contribution in [0.2, 0.25) is 0 Å². The third kappa shape index (κ3) is 1.83. The van der Waals surface area contributed by atoms with Crippen molar-refractivity contribution in [1.29, 1.82) is 0 Å². The van der Waals surface area contributed by atoms with Crippen molar-refractivity contribution in [2.45, 2.75) is 0 Å². The summed E-state index contributed by atoms with van der Waals surface area (Å²) in [6, 6.07) is 7.39. The average Bonchev–Trinajstić information content (AvgIpc) is 2.91. The van der Waals surface area contributed by atoms with Gasteiger partial charge in [-0.05, 0) is 18.2 Å². The van der Waals surface area contributed by atoms with E-state index in [1.807, 2.05) is 18.2 Å². The second-order valence-corrected chi connectivity index (χ2v) is 3.83. The lowest BCUT2D eigenvalue weighted by Gasteiger charge is -2.03. The molecule has 0 bridgehead atoms. The Balaban J connectivity index is 2.23. The highest BCUT2D eigenvalue weighted by atomic mass is 16.5. The zero-order valence-electron chi connectivity index (χ0n) is 10.1. The van der Waals surface area contributed by atoms with E-state index in [1.54, 1.807) is 23.0 Å². The molecule has 0 N–H and O–H groups in total. The van der Waals surface area contributed by atoms with Crippen molar-refractivity contribution in [2.24, 2.45) is 0 Å². The van der Waals surface area contributed by atoms with Gasteiger partial charge in [0.25, 0.3) is 0 Å². The van der Waals surface area contributed by atoms with Crippen molar-refractivity contribution < 1.29 is 9.53 Å². The predicted molar refractivity (Wildman–Crippen MR) is 67.6 cm³/mol. The lowest BCUT2D eigenvalue weighted by atomic mass is 10.2. The number of ether oxygens (including phenoxy) is 1. The van der Waals surface area contributed by atoms with Gasteiger partial charge in [0.2, 0.25) is 0 Å². The molecule has 0 atom stereocenters. The van der Waals surface area contributed by atoms with Gasteiger partial charge < -0.3 is 4.74 Å². The molecule has 0 radical (unpaired) electrons. The molecule has 0 unspecified atom stereocenters. The van der Waals surface area contributed by atoms with Gasteiger partial charge in [-0.1, -0.05) is 6.07 Å². The van der Waals surface area contributed by atoms with Crippen LogP contribution in [0.25, 0.3) is 17.0 Å². The van der Waals surface area contributed by atoms with E-state index < -0.39 is 5.97 Å². The topological polar surface area (TPSA) is 69.4 Å². The van der Waals surface area contributed by atoms with E-state index in [4.69, 9.17) is 4.74 Å². The first kappa shape index (κ1) is 11.3. The molecule has 0 aliphatic heterocycles. The van der Waals surface area contributed by atoms with Crippen LogP contribution < -0.4 is 0 Å². The molecule has 0 aliphatic rings. The van der Waals surface area contributed by atoms with Gasteiger partial charge in [0.05, 0.1) is 24.7 Å². The Kier molecular flexibility index (Phi) is 2.68. The molecule has 0 aromatic carbocycles. The number of pyridine rings is 1. The Morgan fingerprint density at radius 2 is 2.11 bits per heavy atom. The molecule has 19 heavy (non-hydrogen) atoms. The van der Waals surface area contributed by atoms with Crippen LogP contribution in [0.5, 0.6) is 0 Å². The molecule has 0 saturated carbocycles. The smallest absolute Gasteiger partial charge is 0.343 e. The summed E-state index contributed by atoms with van der Waals surface area (Å²) in [7, 11) is 1.33. The minimum atomic E-state index is -0.458. The van der Waals surface area contributed by atoms with Crippen LogP contribution >= 0.6 is 0 Å². The van der Waals surface area contributed by atoms with Crippen LogP contribution in [-0.2, 0) is 4.74 Å². The van der Waals surface area contributed by atoms with E-state index in [2.05, 4.69) is 15.1 Å². The molecule has 0 aliphatic carbocycles. The first-order chi connectivity index (χ1) is 9.31. The maximum absolute atomic E-state index is 11.6. The summed E-state index contributed by atoms with van der Waals surface area (Å²) < 4.78 is 6.28. The van der Waals surface area contributed by atoms with Crippen molar-refractivity contribution in [1.82, 2.24) is 19.6 Å². The van der Waals surface area contributed by atoms with E-state index in [-0.39, 0.29) is 0 Å². The van der Waals surface area contributed by atoms with E-state index >= 15 is 0 Å². The molecule has 6 nitrogen and oxygen atoms in total. The number of hydrogen-bond donors (Lipinski definition) is 0. The minimum absolute atomic E-state index is 0.334. The molecule has 0 saturated heterocycles. The van der Waals surface area contributed by atoms with Gasteiger partial charge in [0.15, 0.2) is 5.65 Å². The highest BCUT2D eigenvalue weighted by Crippen LogP contribution is 2.18. The Morgan fingerprint density at radius 3 is 2.84 bits per heavy atom. The second kappa shape index (κ2) is 4.49. The van der Waals surface area contributed by atoms with Crippen LogP contribution in [-0.4, -0.2) is 32.7 Å². The number of aromatic nitrogens is 4. The molecule has 0 spiro atoms. The maximum atomic E-state index is 11.6. The van der Waals surface area contributed by atoms with Crippen molar-refractivity contribution in [3.8, 4) is 11.4 Å². The summed E-state index contributed by atoms with van der Waals surface area (Å²) in [5, 5.41) is 4.18. The van der Waals surface area contributed by atoms with Crippen LogP contribution in [0.1, 0.15) is 10.4 Å². The zero-order chi connectivity index (χ0) is 13.2. The Morgan fingerprint density at radius 1 is 1.21 bits per heavy atom. The van der Waals surface area contributed by atoms with Crippen molar-refractivity contribution in [3.05, 3.63) is 48.4 Å². The lowest BCUT2D eigenvalue weighted by Crippen LogP contribution is -2.02. The fourth-order valence-electron chi connectivity index (χ4n) is 1.85. The number of fused-ring (bicyclic) bond motifs is 1. The van der Waals surface area contributed by atoms with Gasteiger partial charge in [0.1, 0.15) is 5.56 Å². The predicted octanol–water partition coefficient (Wildman–Crippen LogP) is 1.58. The number of carbonyl (C=O) groups excluding carboxylic acids is 1. The normalized spacial score (nSPS) is 10.6. The fourth-order valence-corrected chi connectivity index (χ4v) is 1.85. The molecule has 0 fully saturated rings. The molecule has 3 heterocycles. The monoisotopic (exact) mass is 254 g/mol. The van der Waals surface area contributed by atoms with E-state index in [0.29, 0.717) is 11.2 Å². The molecule has 3 aromatic rings. The summed E-state index contributed by atoms with van der Waals surface area (Å²) in [5.41, 5.74) is 2.31. The molecule has 94 valence electrons. The standard InChI is InChI=1S/C13H10N4O2/c1-19-13(18)9-8-16-17-11(5-7-15-12(9)17)10-4-2-3-6-14-10/h2-8H,1H3. The summed E-state index contributed by atoms with van der Waals surface area (Å²) >= 11 is 0. The fraction of sp³-hybridized carbons (Fsp3) is 0.0769. The van der Waals surface area contributed by atoms with Gasteiger partial charge in [-0.3, -0.25) is 4.98 Å². The molecule has 0 amide bonds. The van der Waals surface area contributed by atoms with Gasteiger partial charge in [-0.25, -0.2) is 14.3 Å². The van der Waals surface area contributed by atoms with Crippen molar-refractivity contribution in [3.63, 3.8) is 0 Å². The third-order valence-corrected chi connectivity index (χ3v) is 2.73. The van der Waals surface area contributed by atoms with Crippen molar-refractivity contribution in [2.75, 3.05) is 7.11 Å². The highest BCUT2D eigenvalue weighted by Gasteiger charge is 2.16. The zero-order valence-corrected chi connectivity index (χ0v) is 10.1. The second-order valence-electron chi connectivity index (χ2n) is 3.83. The van der Waals surface area contributed by atoms with Crippen LogP contribution in [0.15, 0.2) is 42.9 Å². The van der Waals surface area contributed by atoms with Gasteiger partial charge in [0, 0.05) is 12.4 Å². The minimum Gasteiger partial charge on any atom is -0.465 e. The maximum Gasteiger partial charge on any atom is 0.343 e. The summed E-state index contributed by atoms with van der Waals surface area (Å²) in [6.07, 6.45) is 4.76. The molecule has 6 heteroatoms. The first-order valence-corrected chi connectivity index (χ1v) is 5.63. The lowest BCUT2D eigenvalue weighted by molar-refractivity contribution is 0.0602. The van der Waals surface area contributed by atoms with E-state index in [9.17, 15) is 4.79 Å². The van der Waals surface area contributed by atoms with E-state index in [1.165, 1.54) is 13.3 Å². The molecular formula is C13H10N4O2. The van der Waals surface area contributed by atoms with E-state index in [0.717, 1.165) is 11.4 Å². The number of esters is 1. The Bertz CT molecular complexity index is 737. The van der Waals surface area contributed by atoms with Gasteiger partial charge >= 0.3 is 5.97 Å². The van der Waals surface area contributed by atoms with Crippen LogP contribution in [0.4, 0.5) is 0 Å². The first-order valence-electron chi connectivity index (χ1n) is 5.63. The number of rotatable bonds is 2. The van der Waals surface area contributed by atoms with Gasteiger partial charge in [-0.2, -0.15) is 5.10 Å².